The number of benzene rings is 2. The van der Waals surface area contributed by atoms with E-state index in [-0.39, 0.29) is 13.4 Å². The van der Waals surface area contributed by atoms with Gasteiger partial charge >= 0.3 is 0 Å². The molecular formula is C17H15N3O3. The Hall–Kier alpha value is -2.86. The summed E-state index contributed by atoms with van der Waals surface area (Å²) in [6, 6.07) is 13.6. The van der Waals surface area contributed by atoms with Gasteiger partial charge in [0.25, 0.3) is 0 Å². The second-order valence-electron chi connectivity index (χ2n) is 5.36. The fourth-order valence-electron chi connectivity index (χ4n) is 2.62. The van der Waals surface area contributed by atoms with E-state index in [1.807, 2.05) is 49.4 Å². The summed E-state index contributed by atoms with van der Waals surface area (Å²) in [5.41, 5.74) is 4.22. The fraction of sp³-hybridized carbons (Fsp3) is 0.176. The highest BCUT2D eigenvalue weighted by Crippen LogP contribution is 2.35. The van der Waals surface area contributed by atoms with Crippen molar-refractivity contribution in [2.75, 3.05) is 6.79 Å². The summed E-state index contributed by atoms with van der Waals surface area (Å²) in [4.78, 5) is 0. The number of aliphatic hydroxyl groups is 1. The fourth-order valence-corrected chi connectivity index (χ4v) is 2.62. The molecule has 0 aliphatic carbocycles. The summed E-state index contributed by atoms with van der Waals surface area (Å²) >= 11 is 0. The third-order valence-electron chi connectivity index (χ3n) is 3.82. The smallest absolute Gasteiger partial charge is 0.231 e. The minimum atomic E-state index is -0.173. The minimum Gasteiger partial charge on any atom is -0.454 e. The van der Waals surface area contributed by atoms with Crippen LogP contribution in [0.5, 0.6) is 11.5 Å². The van der Waals surface area contributed by atoms with Gasteiger partial charge in [-0.1, -0.05) is 35.0 Å². The molecule has 0 amide bonds. The zero-order valence-electron chi connectivity index (χ0n) is 12.6. The third kappa shape index (κ3) is 2.33. The van der Waals surface area contributed by atoms with Gasteiger partial charge < -0.3 is 14.6 Å². The highest BCUT2D eigenvalue weighted by Gasteiger charge is 2.19. The van der Waals surface area contributed by atoms with Crippen molar-refractivity contribution in [2.45, 2.75) is 13.5 Å². The molecule has 2 heterocycles. The van der Waals surface area contributed by atoms with Crippen molar-refractivity contribution in [1.82, 2.24) is 15.0 Å². The van der Waals surface area contributed by atoms with Gasteiger partial charge in [0, 0.05) is 11.6 Å². The van der Waals surface area contributed by atoms with Gasteiger partial charge in [-0.05, 0) is 19.1 Å². The molecular weight excluding hydrogens is 294 g/mol. The molecule has 0 unspecified atom stereocenters. The van der Waals surface area contributed by atoms with E-state index in [9.17, 15) is 5.11 Å². The van der Waals surface area contributed by atoms with Crippen LogP contribution < -0.4 is 9.47 Å². The topological polar surface area (TPSA) is 69.4 Å². The minimum absolute atomic E-state index is 0.173. The van der Waals surface area contributed by atoms with Crippen LogP contribution in [0.15, 0.2) is 42.5 Å². The van der Waals surface area contributed by atoms with Gasteiger partial charge in [0.05, 0.1) is 12.3 Å². The van der Waals surface area contributed by atoms with Crippen molar-refractivity contribution >= 4 is 0 Å². The molecule has 4 rings (SSSR count). The molecule has 0 bridgehead atoms. The van der Waals surface area contributed by atoms with E-state index in [4.69, 9.17) is 9.47 Å². The summed E-state index contributed by atoms with van der Waals surface area (Å²) in [6.07, 6.45) is 0. The molecule has 6 nitrogen and oxygen atoms in total. The molecule has 23 heavy (non-hydrogen) atoms. The average Bonchev–Trinajstić information content (AvgIpc) is 3.21. The summed E-state index contributed by atoms with van der Waals surface area (Å²) in [5.74, 6) is 1.39. The van der Waals surface area contributed by atoms with Crippen molar-refractivity contribution in [1.29, 1.82) is 0 Å². The van der Waals surface area contributed by atoms with E-state index in [1.165, 1.54) is 5.56 Å². The normalized spacial score (nSPS) is 12.6. The quantitative estimate of drug-likeness (QED) is 0.805. The van der Waals surface area contributed by atoms with Gasteiger partial charge in [-0.15, -0.1) is 5.10 Å². The first-order valence-corrected chi connectivity index (χ1v) is 7.29. The molecule has 3 aromatic rings. The summed E-state index contributed by atoms with van der Waals surface area (Å²) in [5, 5.41) is 17.9. The lowest BCUT2D eigenvalue weighted by molar-refractivity contribution is 0.174. The summed E-state index contributed by atoms with van der Waals surface area (Å²) < 4.78 is 12.5. The van der Waals surface area contributed by atoms with E-state index in [0.29, 0.717) is 17.2 Å². The van der Waals surface area contributed by atoms with Crippen LogP contribution in [0.1, 0.15) is 11.3 Å². The van der Waals surface area contributed by atoms with E-state index >= 15 is 0 Å². The van der Waals surface area contributed by atoms with Crippen LogP contribution in [0.3, 0.4) is 0 Å². The van der Waals surface area contributed by atoms with Crippen LogP contribution in [0.25, 0.3) is 16.9 Å². The number of nitrogens with zero attached hydrogens (tertiary/aromatic N) is 3. The van der Waals surface area contributed by atoms with Crippen LogP contribution in [0, 0.1) is 6.92 Å². The predicted octanol–water partition coefficient (Wildman–Crippen LogP) is 2.46. The van der Waals surface area contributed by atoms with Crippen molar-refractivity contribution in [3.05, 3.63) is 53.7 Å². The number of fused-ring (bicyclic) bond motifs is 1. The number of aliphatic hydroxyl groups excluding tert-OH is 1. The van der Waals surface area contributed by atoms with E-state index < -0.39 is 0 Å². The Morgan fingerprint density at radius 3 is 2.65 bits per heavy atom. The van der Waals surface area contributed by atoms with E-state index in [2.05, 4.69) is 10.3 Å². The van der Waals surface area contributed by atoms with Crippen LogP contribution >= 0.6 is 0 Å². The Morgan fingerprint density at radius 1 is 1.09 bits per heavy atom. The first kappa shape index (κ1) is 13.8. The molecule has 1 aromatic heterocycles. The molecule has 0 saturated heterocycles. The SMILES string of the molecule is Cc1ccc(-c2c(CO)nnn2-c2ccc3c(c2)OCO3)cc1. The second-order valence-corrected chi connectivity index (χ2v) is 5.36. The number of ether oxygens (including phenoxy) is 2. The number of hydrogen-bond donors (Lipinski definition) is 1. The first-order valence-electron chi connectivity index (χ1n) is 7.29. The number of hydrogen-bond acceptors (Lipinski definition) is 5. The van der Waals surface area contributed by atoms with Gasteiger partial charge in [-0.3, -0.25) is 0 Å². The highest BCUT2D eigenvalue weighted by molar-refractivity contribution is 5.65. The monoisotopic (exact) mass is 309 g/mol. The van der Waals surface area contributed by atoms with Gasteiger partial charge in [-0.25, -0.2) is 4.68 Å². The Morgan fingerprint density at radius 2 is 1.87 bits per heavy atom. The predicted molar refractivity (Wildman–Crippen MR) is 83.6 cm³/mol. The number of rotatable bonds is 3. The van der Waals surface area contributed by atoms with Gasteiger partial charge in [-0.2, -0.15) is 0 Å². The molecule has 0 atom stereocenters. The van der Waals surface area contributed by atoms with Crippen LogP contribution in [-0.2, 0) is 6.61 Å². The second kappa shape index (κ2) is 5.40. The van der Waals surface area contributed by atoms with Gasteiger partial charge in [0.1, 0.15) is 11.4 Å². The van der Waals surface area contributed by atoms with E-state index in [0.717, 1.165) is 16.9 Å². The van der Waals surface area contributed by atoms with Crippen molar-refractivity contribution in [2.24, 2.45) is 0 Å². The Kier molecular flexibility index (Phi) is 3.24. The molecule has 0 spiro atoms. The van der Waals surface area contributed by atoms with Crippen molar-refractivity contribution < 1.29 is 14.6 Å². The molecule has 1 aliphatic rings. The van der Waals surface area contributed by atoms with Crippen molar-refractivity contribution in [3.63, 3.8) is 0 Å². The van der Waals surface area contributed by atoms with Crippen molar-refractivity contribution in [3.8, 4) is 28.4 Å². The standard InChI is InChI=1S/C17H15N3O3/c1-11-2-4-12(5-3-11)17-14(9-21)18-19-20(17)13-6-7-15-16(8-13)23-10-22-15/h2-8,21H,9-10H2,1H3. The zero-order valence-corrected chi connectivity index (χ0v) is 12.6. The molecule has 1 aliphatic heterocycles. The van der Waals surface area contributed by atoms with Crippen LogP contribution in [0.4, 0.5) is 0 Å². The Bertz CT molecular complexity index is 856. The maximum atomic E-state index is 9.59. The highest BCUT2D eigenvalue weighted by atomic mass is 16.7. The lowest BCUT2D eigenvalue weighted by Crippen LogP contribution is -2.00. The molecule has 2 aromatic carbocycles. The average molecular weight is 309 g/mol. The van der Waals surface area contributed by atoms with E-state index in [1.54, 1.807) is 4.68 Å². The molecule has 1 N–H and O–H groups in total. The van der Waals surface area contributed by atoms with Crippen LogP contribution in [0.2, 0.25) is 0 Å². The molecule has 0 fully saturated rings. The summed E-state index contributed by atoms with van der Waals surface area (Å²) in [6.45, 7) is 2.08. The largest absolute Gasteiger partial charge is 0.454 e. The van der Waals surface area contributed by atoms with Gasteiger partial charge in [0.2, 0.25) is 6.79 Å². The summed E-state index contributed by atoms with van der Waals surface area (Å²) in [7, 11) is 0. The maximum Gasteiger partial charge on any atom is 0.231 e. The molecule has 0 saturated carbocycles. The number of aromatic nitrogens is 3. The maximum absolute atomic E-state index is 9.59. The Balaban J connectivity index is 1.86. The first-order chi connectivity index (χ1) is 11.3. The van der Waals surface area contributed by atoms with Crippen LogP contribution in [-0.4, -0.2) is 26.9 Å². The van der Waals surface area contributed by atoms with Gasteiger partial charge in [0.15, 0.2) is 11.5 Å². The Labute approximate surface area is 132 Å². The third-order valence-corrected chi connectivity index (χ3v) is 3.82. The lowest BCUT2D eigenvalue weighted by Gasteiger charge is -2.09. The lowest BCUT2D eigenvalue weighted by atomic mass is 10.1. The molecule has 0 radical (unpaired) electrons. The zero-order chi connectivity index (χ0) is 15.8. The number of aryl methyl sites for hydroxylation is 1. The molecule has 116 valence electrons. The molecule has 6 heteroatoms.